The summed E-state index contributed by atoms with van der Waals surface area (Å²) in [6.07, 6.45) is 2.43. The Balaban J connectivity index is 1.91. The van der Waals surface area contributed by atoms with Gasteiger partial charge in [0.2, 0.25) is 0 Å². The van der Waals surface area contributed by atoms with Crippen molar-refractivity contribution in [3.63, 3.8) is 0 Å². The van der Waals surface area contributed by atoms with E-state index in [2.05, 4.69) is 10.2 Å². The predicted octanol–water partition coefficient (Wildman–Crippen LogP) is 2.60. The van der Waals surface area contributed by atoms with Gasteiger partial charge in [-0.05, 0) is 30.4 Å². The topological polar surface area (TPSA) is 58.4 Å². The second-order valence-corrected chi connectivity index (χ2v) is 5.94. The van der Waals surface area contributed by atoms with E-state index in [1.54, 1.807) is 12.1 Å². The summed E-state index contributed by atoms with van der Waals surface area (Å²) in [5.74, 6) is 0.633. The van der Waals surface area contributed by atoms with Crippen LogP contribution in [0.2, 0.25) is 5.02 Å². The zero-order valence-corrected chi connectivity index (χ0v) is 12.0. The van der Waals surface area contributed by atoms with Crippen LogP contribution < -0.4 is 5.32 Å². The van der Waals surface area contributed by atoms with Crippen LogP contribution in [0.15, 0.2) is 18.2 Å². The first-order chi connectivity index (χ1) is 9.66. The molecule has 1 aliphatic carbocycles. The molecule has 1 N–H and O–H groups in total. The summed E-state index contributed by atoms with van der Waals surface area (Å²) < 4.78 is 0. The zero-order valence-electron chi connectivity index (χ0n) is 11.2. The van der Waals surface area contributed by atoms with Crippen molar-refractivity contribution in [1.29, 1.82) is 0 Å². The van der Waals surface area contributed by atoms with Crippen molar-refractivity contribution in [2.24, 2.45) is 5.92 Å². The van der Waals surface area contributed by atoms with Crippen molar-refractivity contribution in [1.82, 2.24) is 10.2 Å². The van der Waals surface area contributed by atoms with E-state index in [-0.39, 0.29) is 10.7 Å². The number of nitro groups is 1. The fourth-order valence-electron chi connectivity index (χ4n) is 3.01. The number of hydrogen-bond donors (Lipinski definition) is 1. The second-order valence-electron chi connectivity index (χ2n) is 5.54. The van der Waals surface area contributed by atoms with Crippen molar-refractivity contribution in [3.8, 4) is 0 Å². The Kier molecular flexibility index (Phi) is 3.92. The molecule has 0 unspecified atom stereocenters. The number of nitro benzene ring substituents is 1. The van der Waals surface area contributed by atoms with Gasteiger partial charge in [-0.1, -0.05) is 17.7 Å². The van der Waals surface area contributed by atoms with Crippen molar-refractivity contribution in [2.75, 3.05) is 26.2 Å². The highest BCUT2D eigenvalue weighted by atomic mass is 35.5. The first-order valence-corrected chi connectivity index (χ1v) is 7.43. The molecule has 0 bridgehead atoms. The number of nitrogens with one attached hydrogen (secondary N) is 1. The van der Waals surface area contributed by atoms with Gasteiger partial charge in [-0.15, -0.1) is 0 Å². The van der Waals surface area contributed by atoms with Crippen molar-refractivity contribution in [2.45, 2.75) is 18.9 Å². The molecule has 0 aromatic heterocycles. The Bertz CT molecular complexity index is 513. The van der Waals surface area contributed by atoms with Crippen LogP contribution in [0.4, 0.5) is 5.69 Å². The number of nitrogens with zero attached hydrogens (tertiary/aromatic N) is 2. The van der Waals surface area contributed by atoms with Crippen LogP contribution in [0.25, 0.3) is 0 Å². The molecule has 0 spiro atoms. The van der Waals surface area contributed by atoms with Gasteiger partial charge in [0.25, 0.3) is 5.69 Å². The summed E-state index contributed by atoms with van der Waals surface area (Å²) in [6, 6.07) is 5.56. The standard InChI is InChI=1S/C14H18ClN3O2/c15-12-4-3-11(9-13(12)18(19)20)14(10-1-2-10)17-7-5-16-6-8-17/h3-4,9-10,14,16H,1-2,5-8H2/t14-/m1/s1. The minimum absolute atomic E-state index is 0.0185. The van der Waals surface area contributed by atoms with E-state index in [4.69, 9.17) is 11.6 Å². The van der Waals surface area contributed by atoms with Crippen LogP contribution in [-0.4, -0.2) is 36.0 Å². The molecule has 1 saturated heterocycles. The molecule has 5 nitrogen and oxygen atoms in total. The lowest BCUT2D eigenvalue weighted by Crippen LogP contribution is -2.45. The van der Waals surface area contributed by atoms with E-state index in [1.165, 1.54) is 12.8 Å². The molecule has 1 aromatic carbocycles. The monoisotopic (exact) mass is 295 g/mol. The van der Waals surface area contributed by atoms with E-state index in [1.807, 2.05) is 6.07 Å². The van der Waals surface area contributed by atoms with E-state index in [9.17, 15) is 10.1 Å². The van der Waals surface area contributed by atoms with Crippen LogP contribution in [0.1, 0.15) is 24.4 Å². The minimum Gasteiger partial charge on any atom is -0.314 e. The summed E-state index contributed by atoms with van der Waals surface area (Å²) in [7, 11) is 0. The lowest BCUT2D eigenvalue weighted by Gasteiger charge is -2.35. The summed E-state index contributed by atoms with van der Waals surface area (Å²) in [5.41, 5.74) is 1.05. The molecule has 2 aliphatic rings. The van der Waals surface area contributed by atoms with Gasteiger partial charge < -0.3 is 5.32 Å². The predicted molar refractivity (Wildman–Crippen MR) is 78.0 cm³/mol. The molecule has 0 radical (unpaired) electrons. The molecule has 6 heteroatoms. The number of benzene rings is 1. The molecule has 0 amide bonds. The lowest BCUT2D eigenvalue weighted by atomic mass is 9.99. The number of hydrogen-bond acceptors (Lipinski definition) is 4. The normalized spacial score (nSPS) is 21.6. The fourth-order valence-corrected chi connectivity index (χ4v) is 3.19. The molecule has 3 rings (SSSR count). The van der Waals surface area contributed by atoms with Crippen molar-refractivity contribution in [3.05, 3.63) is 38.9 Å². The van der Waals surface area contributed by atoms with E-state index < -0.39 is 4.92 Å². The lowest BCUT2D eigenvalue weighted by molar-refractivity contribution is -0.384. The Labute approximate surface area is 123 Å². The summed E-state index contributed by atoms with van der Waals surface area (Å²) in [6.45, 7) is 3.97. The van der Waals surface area contributed by atoms with Crippen LogP contribution in [0.3, 0.4) is 0 Å². The van der Waals surface area contributed by atoms with Gasteiger partial charge in [0.05, 0.1) is 4.92 Å². The van der Waals surface area contributed by atoms with Gasteiger partial charge in [-0.3, -0.25) is 15.0 Å². The van der Waals surface area contributed by atoms with E-state index >= 15 is 0 Å². The first-order valence-electron chi connectivity index (χ1n) is 7.05. The van der Waals surface area contributed by atoms with Crippen molar-refractivity contribution < 1.29 is 4.92 Å². The van der Waals surface area contributed by atoms with E-state index in [0.717, 1.165) is 31.7 Å². The molecular weight excluding hydrogens is 278 g/mol. The molecule has 1 atom stereocenters. The quantitative estimate of drug-likeness (QED) is 0.685. The average molecular weight is 296 g/mol. The smallest absolute Gasteiger partial charge is 0.288 e. The van der Waals surface area contributed by atoms with Gasteiger partial charge in [-0.25, -0.2) is 0 Å². The fraction of sp³-hybridized carbons (Fsp3) is 0.571. The Morgan fingerprint density at radius 2 is 2.05 bits per heavy atom. The molecule has 1 saturated carbocycles. The number of halogens is 1. The minimum atomic E-state index is -0.395. The van der Waals surface area contributed by atoms with Crippen LogP contribution >= 0.6 is 11.6 Å². The number of rotatable bonds is 4. The Morgan fingerprint density at radius 3 is 2.65 bits per heavy atom. The molecule has 20 heavy (non-hydrogen) atoms. The summed E-state index contributed by atoms with van der Waals surface area (Å²) >= 11 is 5.91. The molecule has 1 heterocycles. The first kappa shape index (κ1) is 13.8. The van der Waals surface area contributed by atoms with E-state index in [0.29, 0.717) is 12.0 Å². The van der Waals surface area contributed by atoms with Crippen LogP contribution in [0.5, 0.6) is 0 Å². The highest BCUT2D eigenvalue weighted by Gasteiger charge is 2.37. The highest BCUT2D eigenvalue weighted by molar-refractivity contribution is 6.32. The Hall–Kier alpha value is -1.17. The third-order valence-corrected chi connectivity index (χ3v) is 4.44. The largest absolute Gasteiger partial charge is 0.314 e. The third-order valence-electron chi connectivity index (χ3n) is 4.12. The molecule has 2 fully saturated rings. The van der Waals surface area contributed by atoms with Gasteiger partial charge in [0, 0.05) is 38.3 Å². The maximum atomic E-state index is 11.1. The van der Waals surface area contributed by atoms with Crippen LogP contribution in [0, 0.1) is 16.0 Å². The molecule has 1 aliphatic heterocycles. The van der Waals surface area contributed by atoms with Gasteiger partial charge in [-0.2, -0.15) is 0 Å². The zero-order chi connectivity index (χ0) is 14.1. The van der Waals surface area contributed by atoms with Gasteiger partial charge >= 0.3 is 0 Å². The maximum Gasteiger partial charge on any atom is 0.288 e. The van der Waals surface area contributed by atoms with Crippen LogP contribution in [-0.2, 0) is 0 Å². The van der Waals surface area contributed by atoms with Crippen molar-refractivity contribution >= 4 is 17.3 Å². The maximum absolute atomic E-state index is 11.1. The highest BCUT2D eigenvalue weighted by Crippen LogP contribution is 2.45. The summed E-state index contributed by atoms with van der Waals surface area (Å²) in [4.78, 5) is 13.1. The number of piperazine rings is 1. The SMILES string of the molecule is O=[N+]([O-])c1cc([C@@H](C2CC2)N2CCNCC2)ccc1Cl. The second kappa shape index (κ2) is 5.68. The van der Waals surface area contributed by atoms with Gasteiger partial charge in [0.1, 0.15) is 5.02 Å². The summed E-state index contributed by atoms with van der Waals surface area (Å²) in [5, 5.41) is 14.6. The molecular formula is C14H18ClN3O2. The molecule has 1 aromatic rings. The molecule has 108 valence electrons. The Morgan fingerprint density at radius 1 is 1.35 bits per heavy atom. The third kappa shape index (κ3) is 2.80. The van der Waals surface area contributed by atoms with Gasteiger partial charge in [0.15, 0.2) is 0 Å². The average Bonchev–Trinajstić information content (AvgIpc) is 3.26.